The van der Waals surface area contributed by atoms with Gasteiger partial charge in [0.15, 0.2) is 0 Å². The molecule has 0 saturated heterocycles. The quantitative estimate of drug-likeness (QED) is 0.347. The number of esters is 1. The molecule has 1 aromatic heterocycles. The van der Waals surface area contributed by atoms with Crippen molar-refractivity contribution in [3.05, 3.63) is 107 Å². The molecule has 1 N–H and O–H groups in total. The monoisotopic (exact) mass is 511 g/mol. The molecule has 2 aliphatic carbocycles. The molecule has 0 amide bonds. The van der Waals surface area contributed by atoms with Crippen molar-refractivity contribution >= 4 is 11.9 Å². The van der Waals surface area contributed by atoms with E-state index in [9.17, 15) is 14.7 Å². The molecule has 2 aliphatic rings. The van der Waals surface area contributed by atoms with E-state index in [1.54, 1.807) is 6.08 Å². The molecule has 0 aliphatic heterocycles. The van der Waals surface area contributed by atoms with Gasteiger partial charge in [0, 0.05) is 11.4 Å². The summed E-state index contributed by atoms with van der Waals surface area (Å²) in [5.41, 5.74) is 7.05. The van der Waals surface area contributed by atoms with E-state index >= 15 is 0 Å². The number of allylic oxidation sites excluding steroid dienone is 2. The van der Waals surface area contributed by atoms with Gasteiger partial charge in [-0.1, -0.05) is 68.5 Å². The van der Waals surface area contributed by atoms with Crippen molar-refractivity contribution in [2.45, 2.75) is 64.8 Å². The number of aromatic nitrogens is 1. The first-order chi connectivity index (χ1) is 18.5. The Morgan fingerprint density at radius 1 is 1.03 bits per heavy atom. The molecule has 0 bridgehead atoms. The molecule has 38 heavy (non-hydrogen) atoms. The molecule has 1 heterocycles. The molecule has 0 radical (unpaired) electrons. The van der Waals surface area contributed by atoms with Crippen LogP contribution in [0.25, 0.3) is 11.3 Å². The third kappa shape index (κ3) is 5.83. The van der Waals surface area contributed by atoms with Crippen molar-refractivity contribution < 1.29 is 19.4 Å². The van der Waals surface area contributed by atoms with Crippen LogP contribution in [0.2, 0.25) is 0 Å². The number of carboxylic acids is 1. The van der Waals surface area contributed by atoms with Gasteiger partial charge in [-0.15, -0.1) is 0 Å². The summed E-state index contributed by atoms with van der Waals surface area (Å²) >= 11 is 0. The zero-order valence-electron chi connectivity index (χ0n) is 22.5. The second-order valence-electron chi connectivity index (χ2n) is 9.49. The van der Waals surface area contributed by atoms with Crippen LogP contribution in [0.1, 0.15) is 79.2 Å². The van der Waals surface area contributed by atoms with E-state index in [0.717, 1.165) is 43.4 Å². The molecule has 5 rings (SSSR count). The average molecular weight is 512 g/mol. The van der Waals surface area contributed by atoms with Crippen LogP contribution in [0.3, 0.4) is 0 Å². The number of ether oxygens (including phenoxy) is 1. The smallest absolute Gasteiger partial charge is 0.338 e. The lowest BCUT2D eigenvalue weighted by molar-refractivity contribution is -0.132. The Morgan fingerprint density at radius 3 is 2.45 bits per heavy atom. The summed E-state index contributed by atoms with van der Waals surface area (Å²) in [5, 5.41) is 9.73. The SMILES string of the molecule is CC.CCOC(=O)c1ccc(C2CCc3cc(-c4ccccc4)n(C4C=C(C(=O)O)C=CCC4)c3C2)cc1. The fourth-order valence-corrected chi connectivity index (χ4v) is 5.50. The van der Waals surface area contributed by atoms with Gasteiger partial charge in [-0.05, 0) is 85.9 Å². The van der Waals surface area contributed by atoms with E-state index in [1.165, 1.54) is 16.8 Å². The van der Waals surface area contributed by atoms with Gasteiger partial charge in [-0.3, -0.25) is 0 Å². The zero-order chi connectivity index (χ0) is 27.1. The first-order valence-corrected chi connectivity index (χ1v) is 13.7. The number of hydrogen-bond acceptors (Lipinski definition) is 3. The van der Waals surface area contributed by atoms with Gasteiger partial charge in [-0.2, -0.15) is 0 Å². The van der Waals surface area contributed by atoms with Crippen molar-refractivity contribution in [3.63, 3.8) is 0 Å². The number of aliphatic carboxylic acids is 1. The van der Waals surface area contributed by atoms with E-state index in [0.29, 0.717) is 23.7 Å². The summed E-state index contributed by atoms with van der Waals surface area (Å²) in [6.07, 6.45) is 10.2. The van der Waals surface area contributed by atoms with Crippen molar-refractivity contribution in [2.24, 2.45) is 0 Å². The van der Waals surface area contributed by atoms with Gasteiger partial charge in [0.2, 0.25) is 0 Å². The Hall–Kier alpha value is -3.86. The number of carboxylic acid groups (broad SMARTS) is 1. The molecular weight excluding hydrogens is 474 g/mol. The Labute approximate surface area is 225 Å². The molecule has 198 valence electrons. The molecule has 2 aromatic carbocycles. The maximum Gasteiger partial charge on any atom is 0.338 e. The Morgan fingerprint density at radius 2 is 1.76 bits per heavy atom. The average Bonchev–Trinajstić information content (AvgIpc) is 3.16. The molecule has 2 atom stereocenters. The number of nitrogens with zero attached hydrogens (tertiary/aromatic N) is 1. The molecule has 3 aromatic rings. The standard InChI is InChI=1S/C31H31NO4.C2H6/c1-2-36-31(35)23-14-12-21(13-15-23)24-16-17-25-20-28(22-8-4-3-5-9-22)32(29(25)19-24)27-11-7-6-10-26(18-27)30(33)34;1-2/h3-6,8-10,12-15,18,20,24,27H,2,7,11,16-17,19H2,1H3,(H,33,34);1-2H3. The number of carbonyl (C=O) groups is 2. The third-order valence-corrected chi connectivity index (χ3v) is 7.27. The third-order valence-electron chi connectivity index (χ3n) is 7.27. The predicted molar refractivity (Wildman–Crippen MR) is 152 cm³/mol. The van der Waals surface area contributed by atoms with Crippen LogP contribution in [0.4, 0.5) is 0 Å². The van der Waals surface area contributed by atoms with E-state index in [1.807, 2.05) is 75.4 Å². The van der Waals surface area contributed by atoms with E-state index < -0.39 is 5.97 Å². The van der Waals surface area contributed by atoms with E-state index in [2.05, 4.69) is 22.8 Å². The first-order valence-electron chi connectivity index (χ1n) is 13.7. The van der Waals surface area contributed by atoms with Crippen molar-refractivity contribution in [2.75, 3.05) is 6.61 Å². The summed E-state index contributed by atoms with van der Waals surface area (Å²) < 4.78 is 7.52. The van der Waals surface area contributed by atoms with Crippen LogP contribution in [0.5, 0.6) is 0 Å². The molecular formula is C33H37NO4. The largest absolute Gasteiger partial charge is 0.478 e. The van der Waals surface area contributed by atoms with Gasteiger partial charge in [0.05, 0.1) is 23.8 Å². The molecule has 2 unspecified atom stereocenters. The number of benzene rings is 2. The summed E-state index contributed by atoms with van der Waals surface area (Å²) in [5.74, 6) is -0.850. The Bertz CT molecular complexity index is 1320. The maximum atomic E-state index is 12.1. The van der Waals surface area contributed by atoms with Crippen LogP contribution in [-0.4, -0.2) is 28.2 Å². The number of hydrogen-bond donors (Lipinski definition) is 1. The summed E-state index contributed by atoms with van der Waals surface area (Å²) in [7, 11) is 0. The maximum absolute atomic E-state index is 12.1. The zero-order valence-corrected chi connectivity index (χ0v) is 22.5. The summed E-state index contributed by atoms with van der Waals surface area (Å²) in [6, 6.07) is 20.4. The van der Waals surface area contributed by atoms with Crippen LogP contribution < -0.4 is 0 Å². The highest BCUT2D eigenvalue weighted by molar-refractivity contribution is 5.90. The van der Waals surface area contributed by atoms with Crippen LogP contribution in [0, 0.1) is 0 Å². The summed E-state index contributed by atoms with van der Waals surface area (Å²) in [4.78, 5) is 23.9. The predicted octanol–water partition coefficient (Wildman–Crippen LogP) is 7.53. The van der Waals surface area contributed by atoms with E-state index in [4.69, 9.17) is 4.74 Å². The van der Waals surface area contributed by atoms with Crippen LogP contribution in [-0.2, 0) is 22.4 Å². The van der Waals surface area contributed by atoms with Crippen LogP contribution >= 0.6 is 0 Å². The number of aryl methyl sites for hydroxylation is 1. The number of carbonyl (C=O) groups excluding carboxylic acids is 1. The molecule has 0 fully saturated rings. The fraction of sp³-hybridized carbons (Fsp3) is 0.333. The fourth-order valence-electron chi connectivity index (χ4n) is 5.50. The topological polar surface area (TPSA) is 68.5 Å². The van der Waals surface area contributed by atoms with Gasteiger partial charge in [-0.25, -0.2) is 9.59 Å². The molecule has 0 saturated carbocycles. The van der Waals surface area contributed by atoms with Crippen LogP contribution in [0.15, 0.2) is 84.5 Å². The van der Waals surface area contributed by atoms with Gasteiger partial charge in [0.25, 0.3) is 0 Å². The lowest BCUT2D eigenvalue weighted by Crippen LogP contribution is -2.19. The minimum atomic E-state index is -0.889. The highest BCUT2D eigenvalue weighted by Gasteiger charge is 2.29. The van der Waals surface area contributed by atoms with Gasteiger partial charge in [0.1, 0.15) is 0 Å². The summed E-state index contributed by atoms with van der Waals surface area (Å²) in [6.45, 7) is 6.17. The van der Waals surface area contributed by atoms with Gasteiger partial charge < -0.3 is 14.4 Å². The number of fused-ring (bicyclic) bond motifs is 1. The second-order valence-corrected chi connectivity index (χ2v) is 9.49. The minimum absolute atomic E-state index is 0.0324. The second kappa shape index (κ2) is 12.6. The highest BCUT2D eigenvalue weighted by atomic mass is 16.5. The van der Waals surface area contributed by atoms with Crippen molar-refractivity contribution in [3.8, 4) is 11.3 Å². The molecule has 0 spiro atoms. The minimum Gasteiger partial charge on any atom is -0.478 e. The molecule has 5 nitrogen and oxygen atoms in total. The number of rotatable bonds is 6. The van der Waals surface area contributed by atoms with E-state index in [-0.39, 0.29) is 12.0 Å². The normalized spacial score (nSPS) is 18.3. The lowest BCUT2D eigenvalue weighted by Gasteiger charge is -2.28. The van der Waals surface area contributed by atoms with Crippen molar-refractivity contribution in [1.29, 1.82) is 0 Å². The van der Waals surface area contributed by atoms with Crippen molar-refractivity contribution in [1.82, 2.24) is 4.57 Å². The highest BCUT2D eigenvalue weighted by Crippen LogP contribution is 2.40. The van der Waals surface area contributed by atoms with Gasteiger partial charge >= 0.3 is 11.9 Å². The lowest BCUT2D eigenvalue weighted by atomic mass is 9.83. The Kier molecular flexibility index (Phi) is 9.01. The Balaban J connectivity index is 0.00000164. The molecule has 5 heteroatoms. The first kappa shape index (κ1) is 27.2.